The largest absolute Gasteiger partial charge is 0.381 e. The van der Waals surface area contributed by atoms with Crippen molar-refractivity contribution >= 4 is 0 Å². The molecule has 3 nitrogen and oxygen atoms in total. The molecule has 0 aromatic carbocycles. The Hall–Kier alpha value is -0.120. The predicted molar refractivity (Wildman–Crippen MR) is 59.2 cm³/mol. The van der Waals surface area contributed by atoms with E-state index in [2.05, 4.69) is 19.2 Å². The van der Waals surface area contributed by atoms with Crippen LogP contribution in [0.2, 0.25) is 0 Å². The van der Waals surface area contributed by atoms with Crippen LogP contribution in [0.5, 0.6) is 0 Å². The van der Waals surface area contributed by atoms with Crippen LogP contribution in [-0.2, 0) is 4.74 Å². The highest BCUT2D eigenvalue weighted by Gasteiger charge is 2.30. The summed E-state index contributed by atoms with van der Waals surface area (Å²) in [5.41, 5.74) is 6.16. The lowest BCUT2D eigenvalue weighted by Crippen LogP contribution is -2.45. The summed E-state index contributed by atoms with van der Waals surface area (Å²) in [6.45, 7) is 9.12. The van der Waals surface area contributed by atoms with Gasteiger partial charge in [0.1, 0.15) is 0 Å². The van der Waals surface area contributed by atoms with E-state index in [4.69, 9.17) is 10.5 Å². The van der Waals surface area contributed by atoms with Crippen molar-refractivity contribution in [2.24, 2.45) is 17.1 Å². The molecule has 0 saturated carbocycles. The first-order valence-electron chi connectivity index (χ1n) is 5.67. The van der Waals surface area contributed by atoms with Gasteiger partial charge in [-0.2, -0.15) is 0 Å². The lowest BCUT2D eigenvalue weighted by molar-refractivity contribution is 0.0190. The molecule has 84 valence electrons. The molecule has 0 radical (unpaired) electrons. The second-order valence-electron chi connectivity index (χ2n) is 4.84. The average Bonchev–Trinajstić information content (AvgIpc) is 2.19. The third-order valence-electron chi connectivity index (χ3n) is 3.04. The maximum Gasteiger partial charge on any atom is 0.0472 e. The standard InChI is InChI=1S/C11H24N2O/c1-10(2)7-13-9-11(8-12)3-5-14-6-4-11/h10,13H,3-9,12H2,1-2H3. The molecule has 1 heterocycles. The van der Waals surface area contributed by atoms with E-state index in [1.807, 2.05) is 0 Å². The molecular weight excluding hydrogens is 176 g/mol. The number of rotatable bonds is 5. The van der Waals surface area contributed by atoms with Crippen molar-refractivity contribution < 1.29 is 4.74 Å². The third kappa shape index (κ3) is 3.56. The fraction of sp³-hybridized carbons (Fsp3) is 1.00. The van der Waals surface area contributed by atoms with Crippen LogP contribution in [0, 0.1) is 11.3 Å². The fourth-order valence-corrected chi connectivity index (χ4v) is 1.88. The Labute approximate surface area is 87.4 Å². The minimum absolute atomic E-state index is 0.299. The van der Waals surface area contributed by atoms with Gasteiger partial charge >= 0.3 is 0 Å². The molecule has 3 N–H and O–H groups in total. The van der Waals surface area contributed by atoms with E-state index in [-0.39, 0.29) is 0 Å². The first-order chi connectivity index (χ1) is 6.68. The summed E-state index contributed by atoms with van der Waals surface area (Å²) in [4.78, 5) is 0. The van der Waals surface area contributed by atoms with E-state index in [0.29, 0.717) is 11.3 Å². The minimum Gasteiger partial charge on any atom is -0.381 e. The van der Waals surface area contributed by atoms with Gasteiger partial charge in [0.25, 0.3) is 0 Å². The molecule has 1 rings (SSSR count). The van der Waals surface area contributed by atoms with E-state index in [1.165, 1.54) is 0 Å². The number of hydrogen-bond acceptors (Lipinski definition) is 3. The van der Waals surface area contributed by atoms with Gasteiger partial charge in [0.05, 0.1) is 0 Å². The van der Waals surface area contributed by atoms with Crippen molar-refractivity contribution in [3.63, 3.8) is 0 Å². The van der Waals surface area contributed by atoms with E-state index in [0.717, 1.165) is 45.7 Å². The highest BCUT2D eigenvalue weighted by atomic mass is 16.5. The SMILES string of the molecule is CC(C)CNCC1(CN)CCOCC1. The van der Waals surface area contributed by atoms with Crippen molar-refractivity contribution in [3.8, 4) is 0 Å². The summed E-state index contributed by atoms with van der Waals surface area (Å²) in [5.74, 6) is 0.713. The topological polar surface area (TPSA) is 47.3 Å². The van der Waals surface area contributed by atoms with Crippen molar-refractivity contribution in [2.75, 3.05) is 32.8 Å². The van der Waals surface area contributed by atoms with Gasteiger partial charge in [-0.25, -0.2) is 0 Å². The molecule has 0 aliphatic carbocycles. The van der Waals surface area contributed by atoms with Crippen molar-refractivity contribution in [3.05, 3.63) is 0 Å². The lowest BCUT2D eigenvalue weighted by atomic mass is 9.80. The summed E-state index contributed by atoms with van der Waals surface area (Å²) in [5, 5.41) is 3.51. The van der Waals surface area contributed by atoms with Crippen LogP contribution < -0.4 is 11.1 Å². The molecule has 0 bridgehead atoms. The van der Waals surface area contributed by atoms with Crippen LogP contribution in [0.1, 0.15) is 26.7 Å². The zero-order valence-electron chi connectivity index (χ0n) is 9.51. The van der Waals surface area contributed by atoms with Crippen LogP contribution in [-0.4, -0.2) is 32.8 Å². The monoisotopic (exact) mass is 200 g/mol. The molecule has 0 aromatic rings. The molecule has 1 aliphatic rings. The summed E-state index contributed by atoms with van der Waals surface area (Å²) in [6, 6.07) is 0. The molecule has 3 heteroatoms. The van der Waals surface area contributed by atoms with Crippen molar-refractivity contribution in [2.45, 2.75) is 26.7 Å². The van der Waals surface area contributed by atoms with Gasteiger partial charge < -0.3 is 15.8 Å². The van der Waals surface area contributed by atoms with E-state index < -0.39 is 0 Å². The van der Waals surface area contributed by atoms with Crippen LogP contribution in [0.25, 0.3) is 0 Å². The second kappa shape index (κ2) is 5.69. The first-order valence-corrected chi connectivity index (χ1v) is 5.67. The zero-order valence-corrected chi connectivity index (χ0v) is 9.51. The van der Waals surface area contributed by atoms with Crippen LogP contribution in [0.3, 0.4) is 0 Å². The van der Waals surface area contributed by atoms with Gasteiger partial charge in [-0.05, 0) is 37.3 Å². The highest BCUT2D eigenvalue weighted by molar-refractivity contribution is 4.84. The molecule has 0 spiro atoms. The maximum atomic E-state index is 5.86. The maximum absolute atomic E-state index is 5.86. The average molecular weight is 200 g/mol. The highest BCUT2D eigenvalue weighted by Crippen LogP contribution is 2.28. The summed E-state index contributed by atoms with van der Waals surface area (Å²) in [6.07, 6.45) is 2.21. The summed E-state index contributed by atoms with van der Waals surface area (Å²) >= 11 is 0. The van der Waals surface area contributed by atoms with Gasteiger partial charge in [-0.3, -0.25) is 0 Å². The molecule has 0 atom stereocenters. The van der Waals surface area contributed by atoms with Crippen molar-refractivity contribution in [1.29, 1.82) is 0 Å². The number of hydrogen-bond donors (Lipinski definition) is 2. The lowest BCUT2D eigenvalue weighted by Gasteiger charge is -2.36. The molecular formula is C11H24N2O. The number of nitrogens with one attached hydrogen (secondary N) is 1. The Morgan fingerprint density at radius 3 is 2.50 bits per heavy atom. The fourth-order valence-electron chi connectivity index (χ4n) is 1.88. The normalized spacial score (nSPS) is 21.4. The van der Waals surface area contributed by atoms with E-state index >= 15 is 0 Å². The second-order valence-corrected chi connectivity index (χ2v) is 4.84. The van der Waals surface area contributed by atoms with Crippen molar-refractivity contribution in [1.82, 2.24) is 5.32 Å². The van der Waals surface area contributed by atoms with Gasteiger partial charge in [0.2, 0.25) is 0 Å². The number of ether oxygens (including phenoxy) is 1. The van der Waals surface area contributed by atoms with Gasteiger partial charge in [0.15, 0.2) is 0 Å². The molecule has 1 aliphatic heterocycles. The Bertz CT molecular complexity index is 153. The molecule has 0 aromatic heterocycles. The van der Waals surface area contributed by atoms with Crippen LogP contribution >= 0.6 is 0 Å². The van der Waals surface area contributed by atoms with Gasteiger partial charge in [-0.15, -0.1) is 0 Å². The zero-order chi connectivity index (χ0) is 10.4. The minimum atomic E-state index is 0.299. The van der Waals surface area contributed by atoms with Crippen LogP contribution in [0.15, 0.2) is 0 Å². The predicted octanol–water partition coefficient (Wildman–Crippen LogP) is 0.987. The Kier molecular flexibility index (Phi) is 4.85. The molecule has 0 amide bonds. The molecule has 1 saturated heterocycles. The Morgan fingerprint density at radius 1 is 1.36 bits per heavy atom. The quantitative estimate of drug-likeness (QED) is 0.695. The number of nitrogens with two attached hydrogens (primary N) is 1. The van der Waals surface area contributed by atoms with E-state index in [1.54, 1.807) is 0 Å². The Morgan fingerprint density at radius 2 is 2.00 bits per heavy atom. The molecule has 14 heavy (non-hydrogen) atoms. The summed E-state index contributed by atoms with van der Waals surface area (Å²) in [7, 11) is 0. The Balaban J connectivity index is 2.29. The smallest absolute Gasteiger partial charge is 0.0472 e. The molecule has 0 unspecified atom stereocenters. The van der Waals surface area contributed by atoms with Gasteiger partial charge in [0, 0.05) is 19.8 Å². The molecule has 1 fully saturated rings. The third-order valence-corrected chi connectivity index (χ3v) is 3.04. The summed E-state index contributed by atoms with van der Waals surface area (Å²) < 4.78 is 5.37. The van der Waals surface area contributed by atoms with Gasteiger partial charge in [-0.1, -0.05) is 13.8 Å². The first kappa shape index (κ1) is 12.0. The van der Waals surface area contributed by atoms with E-state index in [9.17, 15) is 0 Å². The van der Waals surface area contributed by atoms with Crippen LogP contribution in [0.4, 0.5) is 0 Å².